The van der Waals surface area contributed by atoms with Gasteiger partial charge in [-0.2, -0.15) is 0 Å². The van der Waals surface area contributed by atoms with Crippen LogP contribution in [-0.4, -0.2) is 62.2 Å². The molecule has 2 aromatic heterocycles. The summed E-state index contributed by atoms with van der Waals surface area (Å²) in [5.41, 5.74) is 1.20. The van der Waals surface area contributed by atoms with Crippen LogP contribution in [0.15, 0.2) is 18.3 Å². The number of aryl methyl sites for hydroxylation is 2. The Hall–Kier alpha value is -2.15. The van der Waals surface area contributed by atoms with E-state index in [1.54, 1.807) is 0 Å². The first-order valence-electron chi connectivity index (χ1n) is 9.36. The molecule has 7 heteroatoms. The molecule has 0 aromatic carbocycles. The Kier molecular flexibility index (Phi) is 5.76. The number of aromatic nitrogens is 4. The van der Waals surface area contributed by atoms with Gasteiger partial charge in [0.2, 0.25) is 5.91 Å². The van der Waals surface area contributed by atoms with E-state index in [1.807, 2.05) is 45.4 Å². The van der Waals surface area contributed by atoms with Crippen LogP contribution < -0.4 is 0 Å². The van der Waals surface area contributed by atoms with Gasteiger partial charge in [-0.3, -0.25) is 4.79 Å². The molecule has 142 valence electrons. The van der Waals surface area contributed by atoms with E-state index in [2.05, 4.69) is 30.3 Å². The molecule has 1 saturated heterocycles. The molecule has 0 aliphatic carbocycles. The van der Waals surface area contributed by atoms with Crippen molar-refractivity contribution in [3.63, 3.8) is 0 Å². The number of carbonyl (C=O) groups excluding carboxylic acids is 1. The first-order valence-corrected chi connectivity index (χ1v) is 9.36. The molecule has 1 amide bonds. The molecule has 0 radical (unpaired) electrons. The van der Waals surface area contributed by atoms with E-state index < -0.39 is 0 Å². The quantitative estimate of drug-likeness (QED) is 0.786. The molecule has 2 aromatic rings. The van der Waals surface area contributed by atoms with Crippen LogP contribution in [0.1, 0.15) is 42.5 Å². The summed E-state index contributed by atoms with van der Waals surface area (Å²) in [6, 6.07) is 4.11. The van der Waals surface area contributed by atoms with Gasteiger partial charge in [0.05, 0.1) is 6.54 Å². The van der Waals surface area contributed by atoms with E-state index >= 15 is 0 Å². The Labute approximate surface area is 155 Å². The van der Waals surface area contributed by atoms with E-state index in [9.17, 15) is 4.79 Å². The second kappa shape index (κ2) is 8.03. The summed E-state index contributed by atoms with van der Waals surface area (Å²) in [5, 5.41) is 8.78. The highest BCUT2D eigenvalue weighted by molar-refractivity contribution is 5.76. The molecule has 1 aliphatic heterocycles. The molecule has 3 heterocycles. The van der Waals surface area contributed by atoms with Gasteiger partial charge in [0.25, 0.3) is 0 Å². The summed E-state index contributed by atoms with van der Waals surface area (Å²) in [5.74, 6) is 2.49. The topological polar surface area (TPSA) is 59.2 Å². The molecular weight excluding hydrogens is 328 g/mol. The zero-order valence-corrected chi connectivity index (χ0v) is 16.4. The molecule has 7 nitrogen and oxygen atoms in total. The number of likely N-dealkylation sites (tertiary alicyclic amines) is 1. The largest absolute Gasteiger partial charge is 0.354 e. The molecular formula is C19H30N6O. The van der Waals surface area contributed by atoms with E-state index in [0.29, 0.717) is 6.42 Å². The molecule has 3 rings (SSSR count). The number of piperidine rings is 1. The zero-order chi connectivity index (χ0) is 18.7. The lowest BCUT2D eigenvalue weighted by atomic mass is 9.96. The maximum atomic E-state index is 12.7. The maximum absolute atomic E-state index is 12.7. The number of nitrogens with zero attached hydrogens (tertiary/aromatic N) is 6. The summed E-state index contributed by atoms with van der Waals surface area (Å²) >= 11 is 0. The van der Waals surface area contributed by atoms with Crippen molar-refractivity contribution in [1.82, 2.24) is 29.1 Å². The van der Waals surface area contributed by atoms with Crippen LogP contribution in [0.3, 0.4) is 0 Å². The van der Waals surface area contributed by atoms with Gasteiger partial charge in [-0.05, 0) is 45.5 Å². The van der Waals surface area contributed by atoms with Gasteiger partial charge in [0, 0.05) is 51.4 Å². The first-order chi connectivity index (χ1) is 12.5. The summed E-state index contributed by atoms with van der Waals surface area (Å²) in [4.78, 5) is 16.8. The monoisotopic (exact) mass is 358 g/mol. The van der Waals surface area contributed by atoms with E-state index in [0.717, 1.165) is 50.5 Å². The van der Waals surface area contributed by atoms with Gasteiger partial charge in [0.1, 0.15) is 11.6 Å². The number of amides is 1. The lowest BCUT2D eigenvalue weighted by Gasteiger charge is -2.32. The maximum Gasteiger partial charge on any atom is 0.222 e. The second-order valence-corrected chi connectivity index (χ2v) is 7.56. The van der Waals surface area contributed by atoms with Gasteiger partial charge in [-0.25, -0.2) is 0 Å². The fourth-order valence-electron chi connectivity index (χ4n) is 3.72. The average Bonchev–Trinajstić information content (AvgIpc) is 3.18. The third-order valence-electron chi connectivity index (χ3n) is 5.24. The third kappa shape index (κ3) is 4.15. The standard InChI is InChI=1S/C19H30N6O/c1-22(2)14-17-20-21-19(24(17)4)15-7-5-12-25(13-15)18(26)10-9-16-8-6-11-23(16)3/h6,8,11,15H,5,7,9-10,12-14H2,1-4H3. The molecule has 0 spiro atoms. The fraction of sp³-hybridized carbons (Fsp3) is 0.632. The average molecular weight is 358 g/mol. The van der Waals surface area contributed by atoms with Gasteiger partial charge >= 0.3 is 0 Å². The van der Waals surface area contributed by atoms with Crippen molar-refractivity contribution in [3.05, 3.63) is 35.7 Å². The first kappa shape index (κ1) is 18.6. The van der Waals surface area contributed by atoms with Gasteiger partial charge < -0.3 is 18.9 Å². The predicted molar refractivity (Wildman–Crippen MR) is 101 cm³/mol. The highest BCUT2D eigenvalue weighted by Crippen LogP contribution is 2.26. The summed E-state index contributed by atoms with van der Waals surface area (Å²) < 4.78 is 4.18. The van der Waals surface area contributed by atoms with Gasteiger partial charge in [-0.1, -0.05) is 0 Å². The normalized spacial score (nSPS) is 17.9. The van der Waals surface area contributed by atoms with E-state index in [1.165, 1.54) is 5.69 Å². The summed E-state index contributed by atoms with van der Waals surface area (Å²) in [6.07, 6.45) is 5.47. The molecule has 0 N–H and O–H groups in total. The van der Waals surface area contributed by atoms with Crippen molar-refractivity contribution in [2.45, 2.75) is 38.1 Å². The van der Waals surface area contributed by atoms with Crippen LogP contribution in [-0.2, 0) is 31.9 Å². The Balaban J connectivity index is 1.61. The Morgan fingerprint density at radius 3 is 2.81 bits per heavy atom. The Morgan fingerprint density at radius 1 is 1.31 bits per heavy atom. The highest BCUT2D eigenvalue weighted by Gasteiger charge is 2.28. The highest BCUT2D eigenvalue weighted by atomic mass is 16.2. The summed E-state index contributed by atoms with van der Waals surface area (Å²) in [7, 11) is 8.12. The molecule has 0 saturated carbocycles. The van der Waals surface area contributed by atoms with Crippen LogP contribution in [0.25, 0.3) is 0 Å². The van der Waals surface area contributed by atoms with Crippen LogP contribution in [0, 0.1) is 0 Å². The molecule has 0 bridgehead atoms. The van der Waals surface area contributed by atoms with E-state index in [4.69, 9.17) is 0 Å². The zero-order valence-electron chi connectivity index (χ0n) is 16.4. The SMILES string of the molecule is CN(C)Cc1nnc(C2CCCN(C(=O)CCc3cccn3C)C2)n1C. The van der Waals surface area contributed by atoms with Crippen molar-refractivity contribution in [3.8, 4) is 0 Å². The molecule has 1 aliphatic rings. The van der Waals surface area contributed by atoms with E-state index in [-0.39, 0.29) is 11.8 Å². The second-order valence-electron chi connectivity index (χ2n) is 7.56. The Morgan fingerprint density at radius 2 is 2.12 bits per heavy atom. The third-order valence-corrected chi connectivity index (χ3v) is 5.24. The van der Waals surface area contributed by atoms with Gasteiger partial charge in [0.15, 0.2) is 0 Å². The molecule has 1 fully saturated rings. The molecule has 1 unspecified atom stereocenters. The smallest absolute Gasteiger partial charge is 0.222 e. The number of rotatable bonds is 6. The van der Waals surface area contributed by atoms with Crippen LogP contribution >= 0.6 is 0 Å². The van der Waals surface area contributed by atoms with Crippen molar-refractivity contribution in [2.24, 2.45) is 14.1 Å². The minimum absolute atomic E-state index is 0.242. The summed E-state index contributed by atoms with van der Waals surface area (Å²) in [6.45, 7) is 2.38. The lowest BCUT2D eigenvalue weighted by molar-refractivity contribution is -0.132. The van der Waals surface area contributed by atoms with Crippen LogP contribution in [0.4, 0.5) is 0 Å². The fourth-order valence-corrected chi connectivity index (χ4v) is 3.72. The number of hydrogen-bond acceptors (Lipinski definition) is 4. The van der Waals surface area contributed by atoms with Crippen LogP contribution in [0.2, 0.25) is 0 Å². The minimum atomic E-state index is 0.242. The lowest BCUT2D eigenvalue weighted by Crippen LogP contribution is -2.39. The predicted octanol–water partition coefficient (Wildman–Crippen LogP) is 1.55. The minimum Gasteiger partial charge on any atom is -0.354 e. The Bertz CT molecular complexity index is 747. The number of carbonyl (C=O) groups is 1. The van der Waals surface area contributed by atoms with Crippen molar-refractivity contribution in [1.29, 1.82) is 0 Å². The molecule has 1 atom stereocenters. The number of hydrogen-bond donors (Lipinski definition) is 0. The van der Waals surface area contributed by atoms with Crippen molar-refractivity contribution in [2.75, 3.05) is 27.2 Å². The van der Waals surface area contributed by atoms with Crippen molar-refractivity contribution < 1.29 is 4.79 Å². The van der Waals surface area contributed by atoms with Crippen LogP contribution in [0.5, 0.6) is 0 Å². The molecule has 26 heavy (non-hydrogen) atoms. The van der Waals surface area contributed by atoms with Crippen molar-refractivity contribution >= 4 is 5.91 Å². The van der Waals surface area contributed by atoms with Gasteiger partial charge in [-0.15, -0.1) is 10.2 Å².